The van der Waals surface area contributed by atoms with Crippen LogP contribution >= 0.6 is 15.9 Å². The zero-order chi connectivity index (χ0) is 13.9. The van der Waals surface area contributed by atoms with Crippen LogP contribution < -0.4 is 11.1 Å². The third kappa shape index (κ3) is 3.51. The predicted octanol–water partition coefficient (Wildman–Crippen LogP) is 1.82. The Morgan fingerprint density at radius 3 is 2.67 bits per heavy atom. The minimum absolute atomic E-state index is 0.131. The van der Waals surface area contributed by atoms with Gasteiger partial charge in [-0.3, -0.25) is 14.9 Å². The topological polar surface area (TPSA) is 98.3 Å². The van der Waals surface area contributed by atoms with E-state index in [0.29, 0.717) is 4.47 Å². The summed E-state index contributed by atoms with van der Waals surface area (Å²) in [5.41, 5.74) is 5.03. The summed E-state index contributed by atoms with van der Waals surface area (Å²) >= 11 is 3.19. The van der Waals surface area contributed by atoms with Gasteiger partial charge in [0.1, 0.15) is 0 Å². The lowest BCUT2D eigenvalue weighted by atomic mass is 10.1. The highest BCUT2D eigenvalue weighted by Gasteiger charge is 2.22. The van der Waals surface area contributed by atoms with Gasteiger partial charge in [0.2, 0.25) is 0 Å². The average Bonchev–Trinajstić information content (AvgIpc) is 2.28. The van der Waals surface area contributed by atoms with Gasteiger partial charge in [-0.1, -0.05) is 0 Å². The molecule has 0 radical (unpaired) electrons. The van der Waals surface area contributed by atoms with Crippen LogP contribution in [0.25, 0.3) is 0 Å². The van der Waals surface area contributed by atoms with Crippen LogP contribution in [0.15, 0.2) is 22.7 Å². The maximum absolute atomic E-state index is 12.0. The summed E-state index contributed by atoms with van der Waals surface area (Å²) in [5, 5.41) is 13.4. The Morgan fingerprint density at radius 1 is 1.56 bits per heavy atom. The number of rotatable bonds is 4. The number of benzene rings is 1. The maximum Gasteiger partial charge on any atom is 0.270 e. The Morgan fingerprint density at radius 2 is 2.17 bits per heavy atom. The first-order valence-electron chi connectivity index (χ1n) is 5.23. The lowest BCUT2D eigenvalue weighted by molar-refractivity contribution is -0.384. The third-order valence-electron chi connectivity index (χ3n) is 2.37. The van der Waals surface area contributed by atoms with Crippen molar-refractivity contribution in [1.82, 2.24) is 5.32 Å². The molecule has 1 aromatic carbocycles. The van der Waals surface area contributed by atoms with Crippen LogP contribution in [-0.4, -0.2) is 22.9 Å². The van der Waals surface area contributed by atoms with Crippen LogP contribution in [0, 0.1) is 10.1 Å². The van der Waals surface area contributed by atoms with Gasteiger partial charge in [0.15, 0.2) is 0 Å². The van der Waals surface area contributed by atoms with Gasteiger partial charge >= 0.3 is 0 Å². The molecular formula is C11H14BrN3O3. The Hall–Kier alpha value is -1.47. The SMILES string of the molecule is CC(C)(CN)NC(=O)c1cc([N+](=O)[O-])ccc1Br. The summed E-state index contributed by atoms with van der Waals surface area (Å²) in [6.07, 6.45) is 0. The van der Waals surface area contributed by atoms with Gasteiger partial charge in [0.25, 0.3) is 11.6 Å². The van der Waals surface area contributed by atoms with Crippen LogP contribution in [0.2, 0.25) is 0 Å². The minimum atomic E-state index is -0.568. The van der Waals surface area contributed by atoms with E-state index >= 15 is 0 Å². The van der Waals surface area contributed by atoms with Crippen molar-refractivity contribution in [2.75, 3.05) is 6.54 Å². The molecule has 0 aromatic heterocycles. The van der Waals surface area contributed by atoms with Gasteiger partial charge in [-0.2, -0.15) is 0 Å². The second kappa shape index (κ2) is 5.45. The van der Waals surface area contributed by atoms with Crippen molar-refractivity contribution >= 4 is 27.5 Å². The van der Waals surface area contributed by atoms with E-state index in [4.69, 9.17) is 5.73 Å². The number of carbonyl (C=O) groups is 1. The molecule has 7 heteroatoms. The molecule has 1 aromatic rings. The number of nitrogens with two attached hydrogens (primary N) is 1. The fourth-order valence-corrected chi connectivity index (χ4v) is 1.65. The van der Waals surface area contributed by atoms with Gasteiger partial charge in [-0.05, 0) is 35.8 Å². The first-order valence-corrected chi connectivity index (χ1v) is 6.02. The van der Waals surface area contributed by atoms with E-state index in [0.717, 1.165) is 0 Å². The quantitative estimate of drug-likeness (QED) is 0.654. The highest BCUT2D eigenvalue weighted by Crippen LogP contribution is 2.23. The van der Waals surface area contributed by atoms with Crippen LogP contribution in [0.3, 0.4) is 0 Å². The van der Waals surface area contributed by atoms with Gasteiger partial charge in [0.05, 0.1) is 10.5 Å². The zero-order valence-corrected chi connectivity index (χ0v) is 11.7. The Kier molecular flexibility index (Phi) is 4.42. The van der Waals surface area contributed by atoms with E-state index in [1.807, 2.05) is 0 Å². The predicted molar refractivity (Wildman–Crippen MR) is 71.4 cm³/mol. The smallest absolute Gasteiger partial charge is 0.270 e. The summed E-state index contributed by atoms with van der Waals surface area (Å²) < 4.78 is 0.499. The summed E-state index contributed by atoms with van der Waals surface area (Å²) in [6.45, 7) is 3.82. The van der Waals surface area contributed by atoms with Crippen LogP contribution in [0.5, 0.6) is 0 Å². The highest BCUT2D eigenvalue weighted by molar-refractivity contribution is 9.10. The van der Waals surface area contributed by atoms with E-state index in [1.54, 1.807) is 13.8 Å². The molecule has 0 saturated carbocycles. The van der Waals surface area contributed by atoms with Gasteiger partial charge in [-0.25, -0.2) is 0 Å². The summed E-state index contributed by atoms with van der Waals surface area (Å²) in [6, 6.07) is 4.03. The van der Waals surface area contributed by atoms with Crippen LogP contribution in [0.1, 0.15) is 24.2 Å². The summed E-state index contributed by atoms with van der Waals surface area (Å²) in [7, 11) is 0. The molecule has 0 aliphatic heterocycles. The number of hydrogen-bond acceptors (Lipinski definition) is 4. The van der Waals surface area contributed by atoms with Crippen molar-refractivity contribution in [2.45, 2.75) is 19.4 Å². The first kappa shape index (κ1) is 14.6. The van der Waals surface area contributed by atoms with E-state index in [2.05, 4.69) is 21.2 Å². The molecule has 0 heterocycles. The molecule has 0 aliphatic rings. The Balaban J connectivity index is 3.05. The summed E-state index contributed by atoms with van der Waals surface area (Å²) in [5.74, 6) is -0.402. The molecule has 6 nitrogen and oxygen atoms in total. The van der Waals surface area contributed by atoms with Crippen molar-refractivity contribution in [3.8, 4) is 0 Å². The lowest BCUT2D eigenvalue weighted by Gasteiger charge is -2.24. The molecule has 18 heavy (non-hydrogen) atoms. The number of halogens is 1. The van der Waals surface area contributed by atoms with E-state index in [-0.39, 0.29) is 17.8 Å². The fourth-order valence-electron chi connectivity index (χ4n) is 1.23. The molecule has 0 bridgehead atoms. The largest absolute Gasteiger partial charge is 0.346 e. The first-order chi connectivity index (χ1) is 8.26. The van der Waals surface area contributed by atoms with Crippen molar-refractivity contribution in [3.05, 3.63) is 38.3 Å². The fraction of sp³-hybridized carbons (Fsp3) is 0.364. The molecular weight excluding hydrogens is 302 g/mol. The van der Waals surface area contributed by atoms with Gasteiger partial charge < -0.3 is 11.1 Å². The lowest BCUT2D eigenvalue weighted by Crippen LogP contribution is -2.48. The second-order valence-corrected chi connectivity index (χ2v) is 5.32. The molecule has 0 spiro atoms. The molecule has 0 saturated heterocycles. The Labute approximate surface area is 113 Å². The number of nitrogens with one attached hydrogen (secondary N) is 1. The Bertz CT molecular complexity index is 488. The van der Waals surface area contributed by atoms with E-state index in [1.165, 1.54) is 18.2 Å². The molecule has 1 rings (SSSR count). The maximum atomic E-state index is 12.0. The normalized spacial score (nSPS) is 11.1. The molecule has 0 aliphatic carbocycles. The van der Waals surface area contributed by atoms with Crippen LogP contribution in [0.4, 0.5) is 5.69 Å². The molecule has 1 amide bonds. The van der Waals surface area contributed by atoms with Crippen LogP contribution in [-0.2, 0) is 0 Å². The number of nitro benzene ring substituents is 1. The van der Waals surface area contributed by atoms with Gasteiger partial charge in [0, 0.05) is 28.7 Å². The van der Waals surface area contributed by atoms with Crippen molar-refractivity contribution in [2.24, 2.45) is 5.73 Å². The average molecular weight is 316 g/mol. The number of carbonyl (C=O) groups excluding carboxylic acids is 1. The standard InChI is InChI=1S/C11H14BrN3O3/c1-11(2,6-13)14-10(16)8-5-7(15(17)18)3-4-9(8)12/h3-5H,6,13H2,1-2H3,(H,14,16). The molecule has 3 N–H and O–H groups in total. The van der Waals surface area contributed by atoms with Crippen molar-refractivity contribution in [1.29, 1.82) is 0 Å². The highest BCUT2D eigenvalue weighted by atomic mass is 79.9. The summed E-state index contributed by atoms with van der Waals surface area (Å²) in [4.78, 5) is 22.1. The molecule has 0 unspecified atom stereocenters. The number of hydrogen-bond donors (Lipinski definition) is 2. The molecule has 0 atom stereocenters. The minimum Gasteiger partial charge on any atom is -0.346 e. The zero-order valence-electron chi connectivity index (χ0n) is 10.1. The van der Waals surface area contributed by atoms with E-state index < -0.39 is 16.4 Å². The number of amides is 1. The van der Waals surface area contributed by atoms with Crippen molar-refractivity contribution < 1.29 is 9.72 Å². The van der Waals surface area contributed by atoms with Gasteiger partial charge in [-0.15, -0.1) is 0 Å². The second-order valence-electron chi connectivity index (χ2n) is 4.46. The number of non-ortho nitro benzene ring substituents is 1. The molecule has 0 fully saturated rings. The monoisotopic (exact) mass is 315 g/mol. The van der Waals surface area contributed by atoms with E-state index in [9.17, 15) is 14.9 Å². The number of nitro groups is 1. The molecule has 98 valence electrons. The third-order valence-corrected chi connectivity index (χ3v) is 3.06. The number of nitrogens with zero attached hydrogens (tertiary/aromatic N) is 1. The van der Waals surface area contributed by atoms with Crippen molar-refractivity contribution in [3.63, 3.8) is 0 Å².